The Balaban J connectivity index is 2.14. The van der Waals surface area contributed by atoms with Crippen molar-refractivity contribution in [3.8, 4) is 0 Å². The Labute approximate surface area is 121 Å². The average Bonchev–Trinajstić information content (AvgIpc) is 2.97. The molecule has 0 atom stereocenters. The number of nitrogens with zero attached hydrogens (tertiary/aromatic N) is 3. The van der Waals surface area contributed by atoms with Gasteiger partial charge in [-0.3, -0.25) is 9.20 Å². The first-order valence-electron chi connectivity index (χ1n) is 6.33. The zero-order valence-electron chi connectivity index (χ0n) is 11.6. The molecule has 3 rings (SSSR count). The summed E-state index contributed by atoms with van der Waals surface area (Å²) in [4.78, 5) is 18.8. The van der Waals surface area contributed by atoms with Gasteiger partial charge in [0, 0.05) is 24.3 Å². The lowest BCUT2D eigenvalue weighted by Crippen LogP contribution is -2.13. The Morgan fingerprint density at radius 2 is 2.15 bits per heavy atom. The molecule has 0 unspecified atom stereocenters. The number of benzene rings is 1. The standard InChI is InChI=1S/C15H15N3OS/c1-10-4-5-12(11(2)8-10)17(3)14-13(9-19)18-6-7-20-15(18)16-14/h4-9H,1-3H3. The van der Waals surface area contributed by atoms with Crippen molar-refractivity contribution in [3.05, 3.63) is 46.6 Å². The molecule has 0 saturated carbocycles. The summed E-state index contributed by atoms with van der Waals surface area (Å²) in [5.41, 5.74) is 4.04. The van der Waals surface area contributed by atoms with Crippen LogP contribution in [0.2, 0.25) is 0 Å². The molecule has 3 aromatic rings. The first-order chi connectivity index (χ1) is 9.61. The molecule has 20 heavy (non-hydrogen) atoms. The fourth-order valence-electron chi connectivity index (χ4n) is 2.44. The van der Waals surface area contributed by atoms with Crippen LogP contribution in [0.25, 0.3) is 4.96 Å². The molecule has 1 aromatic carbocycles. The fraction of sp³-hybridized carbons (Fsp3) is 0.200. The van der Waals surface area contributed by atoms with E-state index in [-0.39, 0.29) is 0 Å². The van der Waals surface area contributed by atoms with E-state index < -0.39 is 0 Å². The molecule has 0 amide bonds. The minimum absolute atomic E-state index is 0.587. The van der Waals surface area contributed by atoms with Crippen molar-refractivity contribution < 1.29 is 4.79 Å². The number of aldehydes is 1. The summed E-state index contributed by atoms with van der Waals surface area (Å²) in [6, 6.07) is 6.26. The lowest BCUT2D eigenvalue weighted by atomic mass is 10.1. The van der Waals surface area contributed by atoms with E-state index in [9.17, 15) is 4.79 Å². The fourth-order valence-corrected chi connectivity index (χ4v) is 3.16. The summed E-state index contributed by atoms with van der Waals surface area (Å²) >= 11 is 1.52. The van der Waals surface area contributed by atoms with Crippen molar-refractivity contribution in [3.63, 3.8) is 0 Å². The first kappa shape index (κ1) is 12.9. The van der Waals surface area contributed by atoms with Crippen LogP contribution in [0.15, 0.2) is 29.8 Å². The number of aromatic nitrogens is 2. The minimum atomic E-state index is 0.587. The quantitative estimate of drug-likeness (QED) is 0.690. The Morgan fingerprint density at radius 3 is 2.85 bits per heavy atom. The molecule has 0 aliphatic carbocycles. The normalized spacial score (nSPS) is 10.9. The Kier molecular flexibility index (Phi) is 3.06. The van der Waals surface area contributed by atoms with Gasteiger partial charge in [0.05, 0.1) is 0 Å². The van der Waals surface area contributed by atoms with Gasteiger partial charge in [-0.2, -0.15) is 0 Å². The number of carbonyl (C=O) groups excluding carboxylic acids is 1. The van der Waals surface area contributed by atoms with Crippen molar-refractivity contribution >= 4 is 34.1 Å². The molecule has 4 nitrogen and oxygen atoms in total. The monoisotopic (exact) mass is 285 g/mol. The van der Waals surface area contributed by atoms with Crippen LogP contribution in [0.4, 0.5) is 11.5 Å². The van der Waals surface area contributed by atoms with Gasteiger partial charge < -0.3 is 4.90 Å². The smallest absolute Gasteiger partial charge is 0.196 e. The van der Waals surface area contributed by atoms with Gasteiger partial charge >= 0.3 is 0 Å². The largest absolute Gasteiger partial charge is 0.327 e. The second-order valence-electron chi connectivity index (χ2n) is 4.84. The van der Waals surface area contributed by atoms with Crippen LogP contribution in [0.1, 0.15) is 21.6 Å². The van der Waals surface area contributed by atoms with Gasteiger partial charge in [0.2, 0.25) is 0 Å². The number of carbonyl (C=O) groups is 1. The van der Waals surface area contributed by atoms with Gasteiger partial charge in [-0.05, 0) is 25.5 Å². The second kappa shape index (κ2) is 4.76. The van der Waals surface area contributed by atoms with Crippen molar-refractivity contribution in [2.45, 2.75) is 13.8 Å². The molecule has 2 aromatic heterocycles. The van der Waals surface area contributed by atoms with Crippen molar-refractivity contribution in [2.75, 3.05) is 11.9 Å². The Morgan fingerprint density at radius 1 is 1.35 bits per heavy atom. The average molecular weight is 285 g/mol. The van der Waals surface area contributed by atoms with Gasteiger partial charge in [-0.15, -0.1) is 11.3 Å². The molecule has 0 spiro atoms. The highest BCUT2D eigenvalue weighted by atomic mass is 32.1. The summed E-state index contributed by atoms with van der Waals surface area (Å²) < 4.78 is 1.83. The molecule has 0 fully saturated rings. The highest BCUT2D eigenvalue weighted by Gasteiger charge is 2.18. The molecule has 0 N–H and O–H groups in total. The van der Waals surface area contributed by atoms with Crippen LogP contribution >= 0.6 is 11.3 Å². The zero-order valence-corrected chi connectivity index (χ0v) is 12.4. The van der Waals surface area contributed by atoms with Gasteiger partial charge in [-0.1, -0.05) is 17.7 Å². The summed E-state index contributed by atoms with van der Waals surface area (Å²) in [7, 11) is 1.94. The highest BCUT2D eigenvalue weighted by molar-refractivity contribution is 7.15. The lowest BCUT2D eigenvalue weighted by molar-refractivity contribution is 0.111. The third kappa shape index (κ3) is 1.91. The van der Waals surface area contributed by atoms with Crippen molar-refractivity contribution in [1.29, 1.82) is 0 Å². The molecule has 0 radical (unpaired) electrons. The molecule has 0 aliphatic rings. The maximum Gasteiger partial charge on any atom is 0.196 e. The topological polar surface area (TPSA) is 37.6 Å². The van der Waals surface area contributed by atoms with Gasteiger partial charge in [-0.25, -0.2) is 4.98 Å². The Hall–Kier alpha value is -2.14. The predicted molar refractivity (Wildman–Crippen MR) is 82.4 cm³/mol. The van der Waals surface area contributed by atoms with Gasteiger partial charge in [0.1, 0.15) is 5.69 Å². The maximum atomic E-state index is 11.4. The number of aryl methyl sites for hydroxylation is 2. The van der Waals surface area contributed by atoms with Crippen molar-refractivity contribution in [1.82, 2.24) is 9.38 Å². The van der Waals surface area contributed by atoms with E-state index in [4.69, 9.17) is 0 Å². The third-order valence-electron chi connectivity index (χ3n) is 3.42. The third-order valence-corrected chi connectivity index (χ3v) is 4.18. The maximum absolute atomic E-state index is 11.4. The lowest BCUT2D eigenvalue weighted by Gasteiger charge is -2.20. The molecular weight excluding hydrogens is 270 g/mol. The summed E-state index contributed by atoms with van der Waals surface area (Å²) in [5.74, 6) is 0.693. The van der Waals surface area contributed by atoms with Crippen LogP contribution < -0.4 is 4.90 Å². The number of hydrogen-bond acceptors (Lipinski definition) is 4. The van der Waals surface area contributed by atoms with E-state index >= 15 is 0 Å². The number of hydrogen-bond donors (Lipinski definition) is 0. The van der Waals surface area contributed by atoms with E-state index in [1.54, 1.807) is 0 Å². The highest BCUT2D eigenvalue weighted by Crippen LogP contribution is 2.30. The zero-order chi connectivity index (χ0) is 14.3. The van der Waals surface area contributed by atoms with E-state index in [2.05, 4.69) is 37.0 Å². The Bertz CT molecular complexity index is 788. The summed E-state index contributed by atoms with van der Waals surface area (Å²) in [6.07, 6.45) is 2.73. The summed E-state index contributed by atoms with van der Waals surface area (Å²) in [6.45, 7) is 4.14. The summed E-state index contributed by atoms with van der Waals surface area (Å²) in [5, 5.41) is 1.93. The van der Waals surface area contributed by atoms with E-state index in [1.807, 2.05) is 27.9 Å². The first-order valence-corrected chi connectivity index (χ1v) is 7.21. The van der Waals surface area contributed by atoms with E-state index in [0.29, 0.717) is 11.5 Å². The van der Waals surface area contributed by atoms with Crippen LogP contribution in [0.3, 0.4) is 0 Å². The molecule has 0 saturated heterocycles. The molecular formula is C15H15N3OS. The molecule has 0 bridgehead atoms. The minimum Gasteiger partial charge on any atom is -0.327 e. The van der Waals surface area contributed by atoms with Gasteiger partial charge in [0.25, 0.3) is 0 Å². The molecule has 102 valence electrons. The SMILES string of the molecule is Cc1ccc(N(C)c2nc3sccn3c2C=O)c(C)c1. The number of fused-ring (bicyclic) bond motifs is 1. The van der Waals surface area contributed by atoms with E-state index in [1.165, 1.54) is 22.5 Å². The number of thiazole rings is 1. The molecule has 2 heterocycles. The van der Waals surface area contributed by atoms with Gasteiger partial charge in [0.15, 0.2) is 17.1 Å². The van der Waals surface area contributed by atoms with Crippen molar-refractivity contribution in [2.24, 2.45) is 0 Å². The van der Waals surface area contributed by atoms with Crippen LogP contribution in [-0.2, 0) is 0 Å². The van der Waals surface area contributed by atoms with Crippen LogP contribution in [0.5, 0.6) is 0 Å². The van der Waals surface area contributed by atoms with Crippen LogP contribution in [-0.4, -0.2) is 22.7 Å². The molecule has 5 heteroatoms. The predicted octanol–water partition coefficient (Wildman–Crippen LogP) is 3.59. The number of imidazole rings is 1. The molecule has 0 aliphatic heterocycles. The van der Waals surface area contributed by atoms with Crippen LogP contribution in [0, 0.1) is 13.8 Å². The second-order valence-corrected chi connectivity index (χ2v) is 5.72. The number of anilines is 2. The number of rotatable bonds is 3. The van der Waals surface area contributed by atoms with E-state index in [0.717, 1.165) is 16.9 Å².